The second-order valence-electron chi connectivity index (χ2n) is 15.9. The van der Waals surface area contributed by atoms with Crippen molar-refractivity contribution in [3.05, 3.63) is 0 Å². The summed E-state index contributed by atoms with van der Waals surface area (Å²) in [6.07, 6.45) is 12.9. The van der Waals surface area contributed by atoms with E-state index < -0.39 is 0 Å². The molecule has 13 atom stereocenters. The molecule has 5 unspecified atom stereocenters. The van der Waals surface area contributed by atoms with Crippen molar-refractivity contribution in [2.45, 2.75) is 143 Å². The average Bonchev–Trinajstić information content (AvgIpc) is 3.39. The van der Waals surface area contributed by atoms with Gasteiger partial charge in [-0.15, -0.1) is 0 Å². The summed E-state index contributed by atoms with van der Waals surface area (Å²) >= 11 is 0. The number of alkyl carbamates (subject to hydrolysis) is 1. The van der Waals surface area contributed by atoms with Crippen LogP contribution in [0, 0.1) is 52.3 Å². The van der Waals surface area contributed by atoms with E-state index in [-0.39, 0.29) is 46.9 Å². The van der Waals surface area contributed by atoms with Gasteiger partial charge in [-0.1, -0.05) is 47.5 Å². The lowest BCUT2D eigenvalue weighted by molar-refractivity contribution is -0.184. The van der Waals surface area contributed by atoms with E-state index in [9.17, 15) is 9.59 Å². The first-order chi connectivity index (χ1) is 20.0. The molecule has 4 aliphatic carbocycles. The summed E-state index contributed by atoms with van der Waals surface area (Å²) in [4.78, 5) is 25.1. The average molecular weight is 587 g/mol. The van der Waals surface area contributed by atoms with Crippen LogP contribution in [0.2, 0.25) is 0 Å². The van der Waals surface area contributed by atoms with Gasteiger partial charge in [0.1, 0.15) is 17.9 Å². The van der Waals surface area contributed by atoms with Crippen LogP contribution in [0.25, 0.3) is 0 Å². The number of carbonyl (C=O) groups is 2. The molecule has 0 radical (unpaired) electrons. The number of amides is 1. The molecule has 2 heterocycles. The van der Waals surface area contributed by atoms with Crippen LogP contribution in [-0.2, 0) is 19.0 Å². The topological polar surface area (TPSA) is 85.9 Å². The van der Waals surface area contributed by atoms with Crippen molar-refractivity contribution in [2.75, 3.05) is 13.1 Å². The van der Waals surface area contributed by atoms with Crippen molar-refractivity contribution >= 4 is 12.1 Å². The van der Waals surface area contributed by atoms with Gasteiger partial charge >= 0.3 is 12.1 Å². The molecule has 7 heteroatoms. The molecule has 6 aliphatic rings. The Hall–Kier alpha value is -1.34. The van der Waals surface area contributed by atoms with Crippen molar-refractivity contribution in [3.63, 3.8) is 0 Å². The van der Waals surface area contributed by atoms with E-state index in [2.05, 4.69) is 45.3 Å². The molecule has 238 valence electrons. The zero-order chi connectivity index (χ0) is 29.9. The van der Waals surface area contributed by atoms with Crippen molar-refractivity contribution in [2.24, 2.45) is 52.3 Å². The van der Waals surface area contributed by atoms with Crippen molar-refractivity contribution < 1.29 is 23.8 Å². The number of hydrogen-bond donors (Lipinski definition) is 2. The SMILES string of the molecule is CCCCCNC(=O)O[C@@H]1CC2C(CC[C@H]3C[C@@H](OC(C)=O)CC[C@]23C)C2C[C@@H]3O[C@]4(CCC(C)CN4)[C@@H](C)C3[C@]21C. The Morgan fingerprint density at radius 2 is 1.79 bits per heavy atom. The maximum atomic E-state index is 13.4. The van der Waals surface area contributed by atoms with Crippen LogP contribution < -0.4 is 10.6 Å². The Bertz CT molecular complexity index is 1010. The molecule has 7 nitrogen and oxygen atoms in total. The van der Waals surface area contributed by atoms with Gasteiger partial charge in [0.25, 0.3) is 0 Å². The number of piperidine rings is 1. The van der Waals surface area contributed by atoms with Gasteiger partial charge in [-0.25, -0.2) is 4.79 Å². The number of esters is 1. The third-order valence-electron chi connectivity index (χ3n) is 13.8. The van der Waals surface area contributed by atoms with E-state index in [4.69, 9.17) is 14.2 Å². The van der Waals surface area contributed by atoms with Crippen LogP contribution in [0.15, 0.2) is 0 Å². The highest BCUT2D eigenvalue weighted by Gasteiger charge is 2.72. The van der Waals surface area contributed by atoms with Crippen LogP contribution in [0.3, 0.4) is 0 Å². The summed E-state index contributed by atoms with van der Waals surface area (Å²) in [5, 5.41) is 6.97. The normalized spacial score (nSPS) is 49.4. The van der Waals surface area contributed by atoms with Gasteiger partial charge < -0.3 is 19.5 Å². The number of ether oxygens (including phenoxy) is 3. The molecule has 1 amide bonds. The van der Waals surface area contributed by atoms with E-state index >= 15 is 0 Å². The number of nitrogens with one attached hydrogen (secondary N) is 2. The lowest BCUT2D eigenvalue weighted by Gasteiger charge is -2.62. The second kappa shape index (κ2) is 11.5. The summed E-state index contributed by atoms with van der Waals surface area (Å²) < 4.78 is 19.4. The lowest BCUT2D eigenvalue weighted by Crippen LogP contribution is -2.61. The molecular formula is C35H58N2O5. The number of unbranched alkanes of at least 4 members (excludes halogenated alkanes) is 2. The first kappa shape index (κ1) is 30.7. The van der Waals surface area contributed by atoms with Gasteiger partial charge in [0.05, 0.1) is 6.10 Å². The van der Waals surface area contributed by atoms with Crippen LogP contribution in [0.1, 0.15) is 119 Å². The van der Waals surface area contributed by atoms with Gasteiger partial charge in [-0.2, -0.15) is 0 Å². The van der Waals surface area contributed by atoms with Crippen LogP contribution in [-0.4, -0.2) is 49.2 Å². The minimum Gasteiger partial charge on any atom is -0.463 e. The van der Waals surface area contributed by atoms with Gasteiger partial charge in [-0.3, -0.25) is 10.1 Å². The monoisotopic (exact) mass is 586 g/mol. The maximum Gasteiger partial charge on any atom is 0.407 e. The van der Waals surface area contributed by atoms with Crippen molar-refractivity contribution in [1.82, 2.24) is 10.6 Å². The first-order valence-corrected chi connectivity index (χ1v) is 17.6. The van der Waals surface area contributed by atoms with Gasteiger partial charge in [0.15, 0.2) is 0 Å². The third-order valence-corrected chi connectivity index (χ3v) is 13.8. The zero-order valence-corrected chi connectivity index (χ0v) is 27.2. The molecule has 0 aromatic carbocycles. The van der Waals surface area contributed by atoms with E-state index in [0.29, 0.717) is 48.0 Å². The maximum absolute atomic E-state index is 13.4. The molecule has 2 N–H and O–H groups in total. The Morgan fingerprint density at radius 3 is 2.50 bits per heavy atom. The predicted molar refractivity (Wildman–Crippen MR) is 163 cm³/mol. The molecule has 4 saturated carbocycles. The molecule has 0 bridgehead atoms. The van der Waals surface area contributed by atoms with Gasteiger partial charge in [0, 0.05) is 37.3 Å². The van der Waals surface area contributed by atoms with Gasteiger partial charge in [0.2, 0.25) is 0 Å². The number of rotatable bonds is 6. The minimum atomic E-state index is -0.238. The largest absolute Gasteiger partial charge is 0.463 e. The first-order valence-electron chi connectivity index (χ1n) is 17.6. The third kappa shape index (κ3) is 5.01. The predicted octanol–water partition coefficient (Wildman–Crippen LogP) is 6.83. The number of carbonyl (C=O) groups excluding carboxylic acids is 2. The Balaban J connectivity index is 1.27. The fourth-order valence-corrected chi connectivity index (χ4v) is 11.6. The zero-order valence-electron chi connectivity index (χ0n) is 27.2. The highest BCUT2D eigenvalue weighted by atomic mass is 16.6. The summed E-state index contributed by atoms with van der Waals surface area (Å²) in [6, 6.07) is 0. The minimum absolute atomic E-state index is 0.0499. The summed E-state index contributed by atoms with van der Waals surface area (Å²) in [5.74, 6) is 3.49. The molecule has 6 rings (SSSR count). The fourth-order valence-electron chi connectivity index (χ4n) is 11.6. The molecule has 2 saturated heterocycles. The summed E-state index contributed by atoms with van der Waals surface area (Å²) in [7, 11) is 0. The summed E-state index contributed by atoms with van der Waals surface area (Å²) in [5.41, 5.74) is -0.149. The number of hydrogen-bond acceptors (Lipinski definition) is 6. The standard InChI is InChI=1S/C35H58N2O5/c1-7-8-9-16-36-32(39)41-30-19-27-26(11-10-24-17-25(40-23(4)38)13-14-33(24,27)5)28-18-29-31(34(28,30)6)22(3)35(42-29)15-12-21(2)20-37-35/h21-22,24-31,37H,7-20H2,1-6H3,(H,36,39)/t21?,22-,24-,25-,26?,27?,28?,29-,30+,31?,33-,34+,35+/m0/s1. The molecule has 6 fully saturated rings. The van der Waals surface area contributed by atoms with Crippen LogP contribution >= 0.6 is 0 Å². The van der Waals surface area contributed by atoms with E-state index in [1.54, 1.807) is 0 Å². The highest BCUT2D eigenvalue weighted by Crippen LogP contribution is 2.71. The fraction of sp³-hybridized carbons (Fsp3) is 0.943. The van der Waals surface area contributed by atoms with Crippen LogP contribution in [0.4, 0.5) is 4.79 Å². The molecule has 0 aromatic rings. The Morgan fingerprint density at radius 1 is 0.976 bits per heavy atom. The Kier molecular flexibility index (Phi) is 8.43. The smallest absolute Gasteiger partial charge is 0.407 e. The van der Waals surface area contributed by atoms with E-state index in [1.165, 1.54) is 26.2 Å². The highest BCUT2D eigenvalue weighted by molar-refractivity contribution is 5.67. The van der Waals surface area contributed by atoms with E-state index in [1.807, 2.05) is 0 Å². The Labute approximate surface area is 254 Å². The molecule has 1 spiro atoms. The lowest BCUT2D eigenvalue weighted by atomic mass is 9.43. The molecule has 42 heavy (non-hydrogen) atoms. The van der Waals surface area contributed by atoms with Crippen molar-refractivity contribution in [3.8, 4) is 0 Å². The van der Waals surface area contributed by atoms with Crippen LogP contribution in [0.5, 0.6) is 0 Å². The molecule has 2 aliphatic heterocycles. The quantitative estimate of drug-likeness (QED) is 0.262. The number of fused-ring (bicyclic) bond motifs is 7. The molecular weight excluding hydrogens is 528 g/mol. The second-order valence-corrected chi connectivity index (χ2v) is 15.9. The van der Waals surface area contributed by atoms with E-state index in [0.717, 1.165) is 64.3 Å². The van der Waals surface area contributed by atoms with Gasteiger partial charge in [-0.05, 0) is 99.2 Å². The van der Waals surface area contributed by atoms with Crippen molar-refractivity contribution in [1.29, 1.82) is 0 Å². The molecule has 0 aromatic heterocycles. The summed E-state index contributed by atoms with van der Waals surface area (Å²) in [6.45, 7) is 15.2.